The average Bonchev–Trinajstić information content (AvgIpc) is 2.87. The largest absolute Gasteiger partial charge is 0.504 e. The van der Waals surface area contributed by atoms with E-state index in [4.69, 9.17) is 18.9 Å². The van der Waals surface area contributed by atoms with Crippen molar-refractivity contribution in [2.75, 3.05) is 28.4 Å². The summed E-state index contributed by atoms with van der Waals surface area (Å²) < 4.78 is 21.3. The molecule has 1 N–H and O–H groups in total. The van der Waals surface area contributed by atoms with Gasteiger partial charge in [0.05, 0.1) is 28.4 Å². The van der Waals surface area contributed by atoms with Gasteiger partial charge >= 0.3 is 0 Å². The first kappa shape index (κ1) is 19.6. The zero-order valence-electron chi connectivity index (χ0n) is 16.5. The second kappa shape index (κ2) is 8.25. The van der Waals surface area contributed by atoms with Gasteiger partial charge in [-0.3, -0.25) is 4.79 Å². The Morgan fingerprint density at radius 3 is 2.11 bits per heavy atom. The molecule has 1 aliphatic rings. The minimum absolute atomic E-state index is 0.0439. The van der Waals surface area contributed by atoms with Gasteiger partial charge in [-0.1, -0.05) is 0 Å². The van der Waals surface area contributed by atoms with Crippen molar-refractivity contribution < 1.29 is 28.8 Å². The lowest BCUT2D eigenvalue weighted by Gasteiger charge is -2.13. The van der Waals surface area contributed by atoms with Crippen molar-refractivity contribution in [1.29, 1.82) is 0 Å². The molecule has 0 fully saturated rings. The van der Waals surface area contributed by atoms with E-state index in [2.05, 4.69) is 0 Å². The quantitative estimate of drug-likeness (QED) is 0.620. The second-order valence-electron chi connectivity index (χ2n) is 6.45. The number of ketones is 1. The molecule has 3 rings (SSSR count). The van der Waals surface area contributed by atoms with E-state index in [0.717, 1.165) is 12.0 Å². The van der Waals surface area contributed by atoms with Crippen LogP contribution >= 0.6 is 0 Å². The molecule has 0 bridgehead atoms. The molecule has 0 unspecified atom stereocenters. The third-order valence-electron chi connectivity index (χ3n) is 4.90. The lowest BCUT2D eigenvalue weighted by atomic mass is 9.97. The van der Waals surface area contributed by atoms with Crippen LogP contribution in [0.4, 0.5) is 0 Å². The molecule has 0 saturated heterocycles. The van der Waals surface area contributed by atoms with Crippen LogP contribution < -0.4 is 18.9 Å². The van der Waals surface area contributed by atoms with E-state index in [1.807, 2.05) is 6.08 Å². The van der Waals surface area contributed by atoms with Crippen molar-refractivity contribution in [3.63, 3.8) is 0 Å². The second-order valence-corrected chi connectivity index (χ2v) is 6.45. The van der Waals surface area contributed by atoms with Crippen LogP contribution in [0.3, 0.4) is 0 Å². The number of rotatable bonds is 5. The number of carbonyl (C=O) groups is 1. The number of fused-ring (bicyclic) bond motifs is 1. The van der Waals surface area contributed by atoms with Crippen molar-refractivity contribution in [2.24, 2.45) is 0 Å². The highest BCUT2D eigenvalue weighted by atomic mass is 16.5. The Labute approximate surface area is 164 Å². The highest BCUT2D eigenvalue weighted by Gasteiger charge is 2.24. The Balaban J connectivity index is 2.06. The molecular formula is C22H24O6. The predicted octanol–water partition coefficient (Wildman–Crippen LogP) is 4.03. The maximum atomic E-state index is 13.1. The van der Waals surface area contributed by atoms with E-state index < -0.39 is 0 Å². The first-order valence-corrected chi connectivity index (χ1v) is 8.98. The van der Waals surface area contributed by atoms with Gasteiger partial charge in [-0.25, -0.2) is 0 Å². The molecule has 0 atom stereocenters. The van der Waals surface area contributed by atoms with Crippen LogP contribution in [0.25, 0.3) is 6.08 Å². The lowest BCUT2D eigenvalue weighted by Crippen LogP contribution is -2.04. The Morgan fingerprint density at radius 2 is 1.54 bits per heavy atom. The van der Waals surface area contributed by atoms with E-state index >= 15 is 0 Å². The predicted molar refractivity (Wildman–Crippen MR) is 106 cm³/mol. The number of Topliss-reactive ketones (excluding diaryl/α,β-unsaturated/α-hetero) is 1. The zero-order valence-corrected chi connectivity index (χ0v) is 16.5. The molecule has 0 radical (unpaired) electrons. The number of methoxy groups -OCH3 is 4. The van der Waals surface area contributed by atoms with Crippen LogP contribution in [0.2, 0.25) is 0 Å². The maximum Gasteiger partial charge on any atom is 0.203 e. The number of benzene rings is 2. The van der Waals surface area contributed by atoms with Crippen molar-refractivity contribution in [3.8, 4) is 28.7 Å². The van der Waals surface area contributed by atoms with E-state index in [0.29, 0.717) is 52.5 Å². The number of hydrogen-bond acceptors (Lipinski definition) is 6. The Hall–Kier alpha value is -3.15. The van der Waals surface area contributed by atoms with Gasteiger partial charge in [-0.15, -0.1) is 0 Å². The number of allylic oxidation sites excluding steroid dienone is 1. The molecule has 2 aromatic rings. The number of carbonyl (C=O) groups excluding carboxylic acids is 1. The Morgan fingerprint density at radius 1 is 0.893 bits per heavy atom. The van der Waals surface area contributed by atoms with E-state index in [-0.39, 0.29) is 11.5 Å². The van der Waals surface area contributed by atoms with Crippen LogP contribution in [-0.2, 0) is 6.42 Å². The van der Waals surface area contributed by atoms with E-state index in [1.165, 1.54) is 7.11 Å². The molecule has 6 nitrogen and oxygen atoms in total. The zero-order chi connectivity index (χ0) is 20.3. The molecular weight excluding hydrogens is 360 g/mol. The van der Waals surface area contributed by atoms with Gasteiger partial charge in [0.25, 0.3) is 0 Å². The normalized spacial score (nSPS) is 15.0. The summed E-state index contributed by atoms with van der Waals surface area (Å²) in [6.07, 6.45) is 3.79. The third-order valence-corrected chi connectivity index (χ3v) is 4.90. The smallest absolute Gasteiger partial charge is 0.203 e. The van der Waals surface area contributed by atoms with Crippen molar-refractivity contribution in [1.82, 2.24) is 0 Å². The van der Waals surface area contributed by atoms with Crippen LogP contribution in [0, 0.1) is 0 Å². The first-order chi connectivity index (χ1) is 13.5. The lowest BCUT2D eigenvalue weighted by molar-refractivity contribution is 0.103. The summed E-state index contributed by atoms with van der Waals surface area (Å²) in [4.78, 5) is 13.1. The summed E-state index contributed by atoms with van der Waals surface area (Å²) in [6, 6.07) is 6.94. The fraction of sp³-hybridized carbons (Fsp3) is 0.318. The molecule has 1 aliphatic carbocycles. The van der Waals surface area contributed by atoms with Gasteiger partial charge in [-0.2, -0.15) is 0 Å². The molecule has 0 spiro atoms. The first-order valence-electron chi connectivity index (χ1n) is 8.98. The molecule has 28 heavy (non-hydrogen) atoms. The average molecular weight is 384 g/mol. The molecule has 6 heteroatoms. The molecule has 148 valence electrons. The standard InChI is InChI=1S/C22H24O6/c1-25-17-9-8-16-15(21(17)24)7-5-6-14(20(16)23)10-13-11-18(26-2)22(28-4)19(12-13)27-3/h8-12,24H,5-7H2,1-4H3/b14-10+. The summed E-state index contributed by atoms with van der Waals surface area (Å²) >= 11 is 0. The molecule has 0 saturated carbocycles. The van der Waals surface area contributed by atoms with Crippen LogP contribution in [-0.4, -0.2) is 39.3 Å². The summed E-state index contributed by atoms with van der Waals surface area (Å²) in [5.74, 6) is 1.88. The van der Waals surface area contributed by atoms with E-state index in [9.17, 15) is 9.90 Å². The minimum atomic E-state index is -0.0980. The number of hydrogen-bond donors (Lipinski definition) is 1. The Bertz CT molecular complexity index is 904. The summed E-state index contributed by atoms with van der Waals surface area (Å²) in [6.45, 7) is 0. The van der Waals surface area contributed by atoms with Gasteiger partial charge in [0.15, 0.2) is 28.8 Å². The fourth-order valence-electron chi connectivity index (χ4n) is 3.51. The van der Waals surface area contributed by atoms with Crippen LogP contribution in [0.1, 0.15) is 34.3 Å². The van der Waals surface area contributed by atoms with Gasteiger partial charge in [0.1, 0.15) is 0 Å². The molecule has 0 aliphatic heterocycles. The third kappa shape index (κ3) is 3.50. The summed E-state index contributed by atoms with van der Waals surface area (Å²) in [5, 5.41) is 10.4. The van der Waals surface area contributed by atoms with Crippen LogP contribution in [0.5, 0.6) is 28.7 Å². The van der Waals surface area contributed by atoms with Gasteiger partial charge in [-0.05, 0) is 55.2 Å². The monoisotopic (exact) mass is 384 g/mol. The van der Waals surface area contributed by atoms with Crippen molar-refractivity contribution >= 4 is 11.9 Å². The number of aromatic hydroxyl groups is 1. The summed E-state index contributed by atoms with van der Waals surface area (Å²) in [5.41, 5.74) is 2.59. The molecule has 0 aromatic heterocycles. The maximum absolute atomic E-state index is 13.1. The summed E-state index contributed by atoms with van der Waals surface area (Å²) in [7, 11) is 6.15. The molecule has 2 aromatic carbocycles. The van der Waals surface area contributed by atoms with Gasteiger partial charge < -0.3 is 24.1 Å². The molecule has 0 amide bonds. The SMILES string of the molecule is COc1ccc2c(c1O)CCC/C(=C\c1cc(OC)c(OC)c(OC)c1)C2=O. The van der Waals surface area contributed by atoms with Crippen molar-refractivity contribution in [3.05, 3.63) is 46.5 Å². The van der Waals surface area contributed by atoms with Gasteiger partial charge in [0, 0.05) is 16.7 Å². The highest BCUT2D eigenvalue weighted by Crippen LogP contribution is 2.40. The van der Waals surface area contributed by atoms with Crippen molar-refractivity contribution in [2.45, 2.75) is 19.3 Å². The molecule has 0 heterocycles. The number of phenolic OH excluding ortho intramolecular Hbond substituents is 1. The Kier molecular flexibility index (Phi) is 5.78. The highest BCUT2D eigenvalue weighted by molar-refractivity contribution is 6.13. The topological polar surface area (TPSA) is 74.2 Å². The van der Waals surface area contributed by atoms with Gasteiger partial charge in [0.2, 0.25) is 5.75 Å². The number of phenols is 1. The fourth-order valence-corrected chi connectivity index (χ4v) is 3.51. The minimum Gasteiger partial charge on any atom is -0.504 e. The van der Waals surface area contributed by atoms with Crippen LogP contribution in [0.15, 0.2) is 29.8 Å². The number of ether oxygens (including phenoxy) is 4. The van der Waals surface area contributed by atoms with E-state index in [1.54, 1.807) is 45.6 Å².